The quantitative estimate of drug-likeness (QED) is 0.229. The summed E-state index contributed by atoms with van der Waals surface area (Å²) in [5.41, 5.74) is 1.67. The van der Waals surface area contributed by atoms with Crippen LogP contribution in [0.1, 0.15) is 30.2 Å². The second-order valence-electron chi connectivity index (χ2n) is 13.1. The molecule has 11 nitrogen and oxygen atoms in total. The van der Waals surface area contributed by atoms with E-state index in [1.165, 1.54) is 4.68 Å². The van der Waals surface area contributed by atoms with Crippen molar-refractivity contribution in [2.75, 3.05) is 11.5 Å². The van der Waals surface area contributed by atoms with Crippen molar-refractivity contribution in [3.63, 3.8) is 0 Å². The Hall–Kier alpha value is -4.49. The fourth-order valence-electron chi connectivity index (χ4n) is 7.60. The first-order chi connectivity index (χ1) is 22.6. The minimum Gasteiger partial charge on any atom is -0.432 e. The Balaban J connectivity index is 1.33. The number of hydrogen-bond acceptors (Lipinski definition) is 8. The van der Waals surface area contributed by atoms with Gasteiger partial charge in [-0.1, -0.05) is 60.7 Å². The number of aliphatic hydroxyl groups is 1. The Bertz CT molecular complexity index is 2010. The molecule has 2 N–H and O–H groups in total. The SMILES string of the molecule is C[C@H]1[C@H]([Si](C)(C)O)[C@@H](CCn2cc(CCO)nn2)O[C@]12C(=O)N(Cc1ccccc1)c1ccc(-n3ncc4ccccc4c3=O)cc12. The molecule has 1 fully saturated rings. The van der Waals surface area contributed by atoms with Crippen LogP contribution >= 0.6 is 0 Å². The van der Waals surface area contributed by atoms with E-state index in [9.17, 15) is 19.5 Å². The highest BCUT2D eigenvalue weighted by atomic mass is 28.4. The largest absolute Gasteiger partial charge is 0.432 e. The highest BCUT2D eigenvalue weighted by Crippen LogP contribution is 2.60. The second kappa shape index (κ2) is 11.9. The third-order valence-electron chi connectivity index (χ3n) is 9.69. The number of amides is 1. The maximum atomic E-state index is 14.9. The van der Waals surface area contributed by atoms with E-state index in [2.05, 4.69) is 15.4 Å². The molecule has 2 aliphatic rings. The molecule has 2 aromatic heterocycles. The molecule has 3 aromatic carbocycles. The third kappa shape index (κ3) is 5.31. The Morgan fingerprint density at radius 1 is 1.02 bits per heavy atom. The van der Waals surface area contributed by atoms with Crippen LogP contribution in [0.2, 0.25) is 18.6 Å². The van der Waals surface area contributed by atoms with Gasteiger partial charge in [0.15, 0.2) is 13.9 Å². The number of benzene rings is 3. The van der Waals surface area contributed by atoms with Gasteiger partial charge in [-0.05, 0) is 49.3 Å². The smallest absolute Gasteiger partial charge is 0.279 e. The van der Waals surface area contributed by atoms with Crippen molar-refractivity contribution in [3.05, 3.63) is 112 Å². The van der Waals surface area contributed by atoms with Crippen LogP contribution in [0.15, 0.2) is 90.0 Å². The van der Waals surface area contributed by atoms with E-state index in [-0.39, 0.29) is 29.5 Å². The molecule has 1 amide bonds. The molecular weight excluding hydrogens is 613 g/mol. The highest BCUT2D eigenvalue weighted by Gasteiger charge is 2.66. The van der Waals surface area contributed by atoms with Crippen molar-refractivity contribution in [3.8, 4) is 5.69 Å². The number of hydrogen-bond donors (Lipinski definition) is 2. The number of carbonyl (C=O) groups is 1. The maximum absolute atomic E-state index is 14.9. The summed E-state index contributed by atoms with van der Waals surface area (Å²) in [7, 11) is -2.90. The van der Waals surface area contributed by atoms with Crippen molar-refractivity contribution in [2.24, 2.45) is 5.92 Å². The number of nitrogens with zero attached hydrogens (tertiary/aromatic N) is 6. The molecule has 0 aliphatic carbocycles. The lowest BCUT2D eigenvalue weighted by molar-refractivity contribution is -0.146. The molecule has 1 spiro atoms. The monoisotopic (exact) mass is 650 g/mol. The van der Waals surface area contributed by atoms with Crippen LogP contribution in [0.5, 0.6) is 0 Å². The number of carbonyl (C=O) groups excluding carboxylic acids is 1. The van der Waals surface area contributed by atoms with Crippen molar-refractivity contribution in [2.45, 2.75) is 63.2 Å². The second-order valence-corrected chi connectivity index (χ2v) is 17.1. The molecule has 2 aliphatic heterocycles. The predicted octanol–water partition coefficient (Wildman–Crippen LogP) is 3.95. The predicted molar refractivity (Wildman–Crippen MR) is 180 cm³/mol. The summed E-state index contributed by atoms with van der Waals surface area (Å²) >= 11 is 0. The average molecular weight is 651 g/mol. The number of aromatic nitrogens is 5. The summed E-state index contributed by atoms with van der Waals surface area (Å²) in [6, 6.07) is 22.7. The van der Waals surface area contributed by atoms with Gasteiger partial charge >= 0.3 is 0 Å². The summed E-state index contributed by atoms with van der Waals surface area (Å²) in [5.74, 6) is -0.556. The molecule has 47 heavy (non-hydrogen) atoms. The van der Waals surface area contributed by atoms with Crippen LogP contribution in [-0.4, -0.2) is 61.6 Å². The molecule has 0 unspecified atom stereocenters. The zero-order valence-corrected chi connectivity index (χ0v) is 27.7. The lowest BCUT2D eigenvalue weighted by Crippen LogP contribution is -2.46. The van der Waals surface area contributed by atoms with Crippen molar-refractivity contribution >= 4 is 30.7 Å². The maximum Gasteiger partial charge on any atom is 0.279 e. The molecule has 1 saturated heterocycles. The first kappa shape index (κ1) is 31.1. The van der Waals surface area contributed by atoms with Crippen LogP contribution < -0.4 is 10.5 Å². The van der Waals surface area contributed by atoms with Gasteiger partial charge in [-0.15, -0.1) is 5.10 Å². The number of aryl methyl sites for hydroxylation is 1. The van der Waals surface area contributed by atoms with E-state index in [0.717, 1.165) is 10.9 Å². The molecule has 0 bridgehead atoms. The molecule has 4 heterocycles. The van der Waals surface area contributed by atoms with Crippen LogP contribution in [0, 0.1) is 5.92 Å². The molecule has 12 heteroatoms. The van der Waals surface area contributed by atoms with Crippen molar-refractivity contribution in [1.29, 1.82) is 0 Å². The lowest BCUT2D eigenvalue weighted by Gasteiger charge is -2.32. The summed E-state index contributed by atoms with van der Waals surface area (Å²) in [4.78, 5) is 41.9. The number of ether oxygens (including phenoxy) is 1. The van der Waals surface area contributed by atoms with Gasteiger partial charge in [0.05, 0.1) is 41.3 Å². The van der Waals surface area contributed by atoms with Gasteiger partial charge in [-0.25, -0.2) is 0 Å². The minimum absolute atomic E-state index is 0.0132. The molecule has 242 valence electrons. The highest BCUT2D eigenvalue weighted by molar-refractivity contribution is 6.71. The van der Waals surface area contributed by atoms with Gasteiger partial charge in [0.25, 0.3) is 11.5 Å². The molecule has 0 radical (unpaired) electrons. The Morgan fingerprint density at radius 2 is 1.79 bits per heavy atom. The Morgan fingerprint density at radius 3 is 2.55 bits per heavy atom. The Kier molecular flexibility index (Phi) is 7.91. The average Bonchev–Trinajstić information content (AvgIpc) is 3.70. The molecule has 0 saturated carbocycles. The number of aliphatic hydroxyl groups excluding tert-OH is 1. The molecule has 5 aromatic rings. The zero-order chi connectivity index (χ0) is 32.9. The van der Waals surface area contributed by atoms with Gasteiger partial charge in [0, 0.05) is 48.2 Å². The summed E-state index contributed by atoms with van der Waals surface area (Å²) < 4.78 is 10.1. The van der Waals surface area contributed by atoms with Crippen LogP contribution in [0.3, 0.4) is 0 Å². The Labute approximate surface area is 273 Å². The summed E-state index contributed by atoms with van der Waals surface area (Å²) in [6.45, 7) is 6.61. The normalized spacial score (nSPS) is 22.4. The first-order valence-electron chi connectivity index (χ1n) is 16.0. The van der Waals surface area contributed by atoms with Crippen LogP contribution in [-0.2, 0) is 34.6 Å². The van der Waals surface area contributed by atoms with Gasteiger partial charge in [-0.3, -0.25) is 14.3 Å². The van der Waals surface area contributed by atoms with E-state index in [1.54, 1.807) is 28.0 Å². The van der Waals surface area contributed by atoms with Gasteiger partial charge in [0.1, 0.15) is 0 Å². The summed E-state index contributed by atoms with van der Waals surface area (Å²) in [6.07, 6.45) is 3.95. The number of anilines is 1. The molecular formula is C35H38N6O5Si. The van der Waals surface area contributed by atoms with Crippen molar-refractivity contribution in [1.82, 2.24) is 24.8 Å². The van der Waals surface area contributed by atoms with Gasteiger partial charge in [0.2, 0.25) is 0 Å². The van der Waals surface area contributed by atoms with Crippen LogP contribution in [0.4, 0.5) is 5.69 Å². The van der Waals surface area contributed by atoms with E-state index < -0.39 is 20.0 Å². The lowest BCUT2D eigenvalue weighted by atomic mass is 9.82. The van der Waals surface area contributed by atoms with Gasteiger partial charge < -0.3 is 19.5 Å². The fourth-order valence-corrected chi connectivity index (χ4v) is 10.2. The van der Waals surface area contributed by atoms with E-state index in [0.29, 0.717) is 53.9 Å². The summed E-state index contributed by atoms with van der Waals surface area (Å²) in [5, 5.41) is 23.4. The van der Waals surface area contributed by atoms with Crippen molar-refractivity contribution < 1.29 is 19.4 Å². The van der Waals surface area contributed by atoms with Gasteiger partial charge in [-0.2, -0.15) is 9.78 Å². The van der Waals surface area contributed by atoms with E-state index >= 15 is 0 Å². The zero-order valence-electron chi connectivity index (χ0n) is 26.7. The third-order valence-corrected chi connectivity index (χ3v) is 12.2. The fraction of sp³-hybridized carbons (Fsp3) is 0.343. The number of rotatable bonds is 9. The molecule has 7 rings (SSSR count). The van der Waals surface area contributed by atoms with E-state index in [4.69, 9.17) is 4.74 Å². The number of fused-ring (bicyclic) bond motifs is 3. The van der Waals surface area contributed by atoms with E-state index in [1.807, 2.05) is 86.7 Å². The topological polar surface area (TPSA) is 136 Å². The standard InChI is InChI=1S/C35H38N6O5Si/c1-23-32(47(2,3)45)31(15-17-39-22-26(16-18-42)37-38-39)46-35(23)29-19-27(41-33(43)28-12-8-7-11-25(28)20-36-41)13-14-30(29)40(34(35)44)21-24-9-5-4-6-10-24/h4-14,19-20,22-23,31-32,42,45H,15-18,21H2,1-3H3/t23-,31+,32-,35+/m0/s1. The minimum atomic E-state index is -2.90. The van der Waals surface area contributed by atoms with Crippen LogP contribution in [0.25, 0.3) is 16.5 Å². The first-order valence-corrected chi connectivity index (χ1v) is 19.0. The molecule has 4 atom stereocenters.